The minimum Gasteiger partial charge on any atom is -0.367 e. The smallest absolute Gasteiger partial charge is 0.273 e. The normalized spacial score (nSPS) is 24.1. The molecule has 1 atom stereocenters. The summed E-state index contributed by atoms with van der Waals surface area (Å²) in [6.07, 6.45) is 1.96. The lowest BCUT2D eigenvalue weighted by Gasteiger charge is -2.51. The Labute approximate surface area is 155 Å². The molecule has 1 aromatic heterocycles. The fourth-order valence-corrected chi connectivity index (χ4v) is 4.37. The van der Waals surface area contributed by atoms with Crippen LogP contribution in [0.1, 0.15) is 68.9 Å². The molecule has 140 valence electrons. The molecule has 0 aliphatic carbocycles. The van der Waals surface area contributed by atoms with Crippen LogP contribution in [-0.2, 0) is 4.74 Å². The van der Waals surface area contributed by atoms with E-state index in [4.69, 9.17) is 4.74 Å². The molecule has 1 spiro atoms. The van der Waals surface area contributed by atoms with Gasteiger partial charge in [0.2, 0.25) is 0 Å². The summed E-state index contributed by atoms with van der Waals surface area (Å²) in [7, 11) is 0. The molecular formula is C19H31N3O2S. The van der Waals surface area contributed by atoms with Crippen molar-refractivity contribution < 1.29 is 9.53 Å². The van der Waals surface area contributed by atoms with Crippen LogP contribution in [0, 0.1) is 5.41 Å². The SMILES string of the molecule is CC(C)c1nc(C(=O)N2CC(C(C)(C)C)OC3(CCNCC3)C2)cs1. The van der Waals surface area contributed by atoms with Crippen LogP contribution in [0.15, 0.2) is 5.38 Å². The van der Waals surface area contributed by atoms with Gasteiger partial charge in [-0.15, -0.1) is 11.3 Å². The van der Waals surface area contributed by atoms with E-state index in [1.54, 1.807) is 11.3 Å². The summed E-state index contributed by atoms with van der Waals surface area (Å²) in [5.74, 6) is 0.410. The van der Waals surface area contributed by atoms with Crippen LogP contribution < -0.4 is 5.32 Å². The molecule has 0 aromatic carbocycles. The monoisotopic (exact) mass is 365 g/mol. The standard InChI is InChI=1S/C19H31N3O2S/c1-13(2)16-21-14(11-25-16)17(23)22-10-15(18(3,4)5)24-19(12-22)6-8-20-9-7-19/h11,13,15,20H,6-10,12H2,1-5H3. The highest BCUT2D eigenvalue weighted by atomic mass is 32.1. The van der Waals surface area contributed by atoms with E-state index < -0.39 is 0 Å². The van der Waals surface area contributed by atoms with Gasteiger partial charge in [0.1, 0.15) is 5.69 Å². The Morgan fingerprint density at radius 2 is 2.08 bits per heavy atom. The summed E-state index contributed by atoms with van der Waals surface area (Å²) in [5, 5.41) is 6.35. The molecule has 0 saturated carbocycles. The highest BCUT2D eigenvalue weighted by Crippen LogP contribution is 2.37. The molecule has 5 nitrogen and oxygen atoms in total. The Morgan fingerprint density at radius 3 is 2.64 bits per heavy atom. The fourth-order valence-electron chi connectivity index (χ4n) is 3.57. The molecule has 0 bridgehead atoms. The van der Waals surface area contributed by atoms with Crippen molar-refractivity contribution in [2.45, 2.75) is 65.1 Å². The molecule has 2 aliphatic rings. The maximum Gasteiger partial charge on any atom is 0.273 e. The van der Waals surface area contributed by atoms with Crippen LogP contribution in [0.2, 0.25) is 0 Å². The zero-order chi connectivity index (χ0) is 18.2. The van der Waals surface area contributed by atoms with Crippen LogP contribution in [0.25, 0.3) is 0 Å². The molecule has 1 aromatic rings. The van der Waals surface area contributed by atoms with Crippen molar-refractivity contribution >= 4 is 17.2 Å². The highest BCUT2D eigenvalue weighted by Gasteiger charge is 2.46. The first-order valence-electron chi connectivity index (χ1n) is 9.33. The van der Waals surface area contributed by atoms with Crippen LogP contribution in [0.4, 0.5) is 0 Å². The van der Waals surface area contributed by atoms with E-state index in [0.29, 0.717) is 24.7 Å². The van der Waals surface area contributed by atoms with Gasteiger partial charge >= 0.3 is 0 Å². The second kappa shape index (κ2) is 6.97. The fraction of sp³-hybridized carbons (Fsp3) is 0.789. The third-order valence-electron chi connectivity index (χ3n) is 5.26. The number of nitrogens with one attached hydrogen (secondary N) is 1. The second-order valence-corrected chi connectivity index (χ2v) is 9.71. The van der Waals surface area contributed by atoms with Gasteiger partial charge in [-0.2, -0.15) is 0 Å². The molecule has 3 heterocycles. The number of thiazole rings is 1. The third-order valence-corrected chi connectivity index (χ3v) is 6.41. The lowest BCUT2D eigenvalue weighted by molar-refractivity contribution is -0.187. The Morgan fingerprint density at radius 1 is 1.40 bits per heavy atom. The Hall–Kier alpha value is -0.980. The average molecular weight is 366 g/mol. The predicted molar refractivity (Wildman–Crippen MR) is 101 cm³/mol. The van der Waals surface area contributed by atoms with Crippen molar-refractivity contribution in [3.05, 3.63) is 16.1 Å². The van der Waals surface area contributed by atoms with Gasteiger partial charge in [-0.25, -0.2) is 4.98 Å². The van der Waals surface area contributed by atoms with Crippen molar-refractivity contribution in [3.8, 4) is 0 Å². The van der Waals surface area contributed by atoms with Crippen molar-refractivity contribution in [1.29, 1.82) is 0 Å². The van der Waals surface area contributed by atoms with Crippen LogP contribution in [-0.4, -0.2) is 53.7 Å². The van der Waals surface area contributed by atoms with E-state index in [0.717, 1.165) is 30.9 Å². The number of rotatable bonds is 2. The van der Waals surface area contributed by atoms with Crippen molar-refractivity contribution in [2.24, 2.45) is 5.41 Å². The summed E-state index contributed by atoms with van der Waals surface area (Å²) in [6, 6.07) is 0. The minimum atomic E-state index is -0.214. The number of carbonyl (C=O) groups is 1. The zero-order valence-corrected chi connectivity index (χ0v) is 16.9. The molecule has 3 rings (SSSR count). The van der Waals surface area contributed by atoms with Gasteiger partial charge in [0.05, 0.1) is 23.3 Å². The van der Waals surface area contributed by atoms with Gasteiger partial charge in [0.25, 0.3) is 5.91 Å². The summed E-state index contributed by atoms with van der Waals surface area (Å²) >= 11 is 1.58. The predicted octanol–water partition coefficient (Wildman–Crippen LogP) is 3.28. The number of amides is 1. The first kappa shape index (κ1) is 18.8. The van der Waals surface area contributed by atoms with Gasteiger partial charge in [-0.05, 0) is 31.3 Å². The average Bonchev–Trinajstić information content (AvgIpc) is 3.04. The largest absolute Gasteiger partial charge is 0.367 e. The van der Waals surface area contributed by atoms with Crippen molar-refractivity contribution in [1.82, 2.24) is 15.2 Å². The van der Waals surface area contributed by atoms with E-state index in [1.165, 1.54) is 0 Å². The van der Waals surface area contributed by atoms with Crippen LogP contribution in [0.5, 0.6) is 0 Å². The van der Waals surface area contributed by atoms with Crippen LogP contribution >= 0.6 is 11.3 Å². The lowest BCUT2D eigenvalue weighted by atomic mass is 9.83. The van der Waals surface area contributed by atoms with E-state index >= 15 is 0 Å². The van der Waals surface area contributed by atoms with Crippen LogP contribution in [0.3, 0.4) is 0 Å². The van der Waals surface area contributed by atoms with E-state index in [9.17, 15) is 4.79 Å². The molecule has 2 fully saturated rings. The molecule has 2 aliphatic heterocycles. The third kappa shape index (κ3) is 4.07. The van der Waals surface area contributed by atoms with E-state index in [2.05, 4.69) is 44.9 Å². The van der Waals surface area contributed by atoms with Crippen molar-refractivity contribution in [3.63, 3.8) is 0 Å². The maximum absolute atomic E-state index is 13.1. The molecule has 2 saturated heterocycles. The number of ether oxygens (including phenoxy) is 1. The van der Waals surface area contributed by atoms with Gasteiger partial charge in [0.15, 0.2) is 0 Å². The van der Waals surface area contributed by atoms with E-state index in [-0.39, 0.29) is 23.0 Å². The first-order valence-corrected chi connectivity index (χ1v) is 10.2. The molecular weight excluding hydrogens is 334 g/mol. The number of carbonyl (C=O) groups excluding carboxylic acids is 1. The number of morpholine rings is 1. The molecule has 1 unspecified atom stereocenters. The summed E-state index contributed by atoms with van der Waals surface area (Å²) in [6.45, 7) is 14.0. The molecule has 25 heavy (non-hydrogen) atoms. The molecule has 0 radical (unpaired) electrons. The quantitative estimate of drug-likeness (QED) is 0.874. The minimum absolute atomic E-state index is 0.00198. The molecule has 6 heteroatoms. The highest BCUT2D eigenvalue weighted by molar-refractivity contribution is 7.09. The van der Waals surface area contributed by atoms with Gasteiger partial charge < -0.3 is 15.0 Å². The second-order valence-electron chi connectivity index (χ2n) is 8.82. The Kier molecular flexibility index (Phi) is 5.24. The number of nitrogens with zero attached hydrogens (tertiary/aromatic N) is 2. The topological polar surface area (TPSA) is 54.5 Å². The number of hydrogen-bond donors (Lipinski definition) is 1. The van der Waals surface area contributed by atoms with Gasteiger partial charge in [-0.1, -0.05) is 34.6 Å². The number of aromatic nitrogens is 1. The first-order chi connectivity index (χ1) is 11.7. The van der Waals surface area contributed by atoms with Crippen molar-refractivity contribution in [2.75, 3.05) is 26.2 Å². The maximum atomic E-state index is 13.1. The van der Waals surface area contributed by atoms with Gasteiger partial charge in [0, 0.05) is 17.8 Å². The zero-order valence-electron chi connectivity index (χ0n) is 16.1. The summed E-state index contributed by atoms with van der Waals surface area (Å²) < 4.78 is 6.59. The Balaban J connectivity index is 1.83. The molecule has 1 amide bonds. The summed E-state index contributed by atoms with van der Waals surface area (Å²) in [4.78, 5) is 19.7. The number of piperidine rings is 1. The van der Waals surface area contributed by atoms with Gasteiger partial charge in [-0.3, -0.25) is 4.79 Å². The summed E-state index contributed by atoms with van der Waals surface area (Å²) in [5.41, 5.74) is 0.378. The number of hydrogen-bond acceptors (Lipinski definition) is 5. The lowest BCUT2D eigenvalue weighted by Crippen LogP contribution is -2.62. The van der Waals surface area contributed by atoms with E-state index in [1.807, 2.05) is 10.3 Å². The Bertz CT molecular complexity index is 614. The molecule has 1 N–H and O–H groups in total.